The average Bonchev–Trinajstić information content (AvgIpc) is 2.20. The summed E-state index contributed by atoms with van der Waals surface area (Å²) in [5, 5.41) is 0.803. The molecular weight excluding hydrogens is 206 g/mol. The van der Waals surface area contributed by atoms with Gasteiger partial charge in [-0.2, -0.15) is 0 Å². The Hall–Kier alpha value is -0.530. The Morgan fingerprint density at radius 3 is 2.33 bits per heavy atom. The highest BCUT2D eigenvalue weighted by Crippen LogP contribution is 2.13. The monoisotopic (exact) mass is 225 g/mol. The summed E-state index contributed by atoms with van der Waals surface area (Å²) in [4.78, 5) is 0. The van der Waals surface area contributed by atoms with Gasteiger partial charge in [-0.05, 0) is 42.9 Å². The van der Waals surface area contributed by atoms with Crippen LogP contribution in [0.1, 0.15) is 32.3 Å². The fraction of sp³-hybridized carbons (Fsp3) is 0.538. The number of nitrogens with two attached hydrogens (primary N) is 1. The zero-order valence-electron chi connectivity index (χ0n) is 9.54. The van der Waals surface area contributed by atoms with Crippen molar-refractivity contribution in [3.05, 3.63) is 34.9 Å². The van der Waals surface area contributed by atoms with E-state index in [1.807, 2.05) is 12.1 Å². The molecule has 0 aliphatic heterocycles. The van der Waals surface area contributed by atoms with Crippen molar-refractivity contribution in [3.8, 4) is 0 Å². The maximum Gasteiger partial charge on any atom is 0.0406 e. The van der Waals surface area contributed by atoms with E-state index in [0.29, 0.717) is 12.0 Å². The lowest BCUT2D eigenvalue weighted by molar-refractivity contribution is 0.452. The zero-order chi connectivity index (χ0) is 11.3. The fourth-order valence-corrected chi connectivity index (χ4v) is 1.65. The molecule has 0 aromatic heterocycles. The van der Waals surface area contributed by atoms with E-state index in [1.165, 1.54) is 5.56 Å². The normalized spacial score (nSPS) is 13.1. The number of aryl methyl sites for hydroxylation is 1. The fourth-order valence-electron chi connectivity index (χ4n) is 1.53. The van der Waals surface area contributed by atoms with Crippen LogP contribution in [-0.2, 0) is 6.42 Å². The van der Waals surface area contributed by atoms with E-state index in [2.05, 4.69) is 26.0 Å². The van der Waals surface area contributed by atoms with Gasteiger partial charge in [-0.1, -0.05) is 37.6 Å². The highest BCUT2D eigenvalue weighted by molar-refractivity contribution is 6.30. The standard InChI is InChI=1S/C13H20ClN/c1-10(2)13(15)5-3-4-11-6-8-12(14)9-7-11/h6-10,13H,3-5,15H2,1-2H3. The Balaban J connectivity index is 2.29. The first-order valence-electron chi connectivity index (χ1n) is 5.59. The van der Waals surface area contributed by atoms with Gasteiger partial charge in [0, 0.05) is 11.1 Å². The predicted octanol–water partition coefficient (Wildman–Crippen LogP) is 3.65. The molecule has 0 fully saturated rings. The summed E-state index contributed by atoms with van der Waals surface area (Å²) in [6.45, 7) is 4.35. The Bertz CT molecular complexity index is 279. The van der Waals surface area contributed by atoms with Gasteiger partial charge in [-0.15, -0.1) is 0 Å². The van der Waals surface area contributed by atoms with E-state index < -0.39 is 0 Å². The third kappa shape index (κ3) is 4.67. The van der Waals surface area contributed by atoms with Crippen LogP contribution in [0.25, 0.3) is 0 Å². The SMILES string of the molecule is CC(C)C(N)CCCc1ccc(Cl)cc1. The highest BCUT2D eigenvalue weighted by atomic mass is 35.5. The quantitative estimate of drug-likeness (QED) is 0.814. The molecule has 84 valence electrons. The van der Waals surface area contributed by atoms with E-state index in [4.69, 9.17) is 17.3 Å². The summed E-state index contributed by atoms with van der Waals surface area (Å²) in [6, 6.07) is 8.39. The van der Waals surface area contributed by atoms with Gasteiger partial charge in [0.1, 0.15) is 0 Å². The molecule has 0 bridgehead atoms. The van der Waals surface area contributed by atoms with E-state index in [1.54, 1.807) is 0 Å². The first-order chi connectivity index (χ1) is 7.09. The largest absolute Gasteiger partial charge is 0.327 e. The Morgan fingerprint density at radius 1 is 1.20 bits per heavy atom. The summed E-state index contributed by atoms with van der Waals surface area (Å²) >= 11 is 5.82. The number of benzene rings is 1. The lowest BCUT2D eigenvalue weighted by atomic mass is 9.98. The Kier molecular flexibility index (Phi) is 5.13. The molecule has 0 radical (unpaired) electrons. The topological polar surface area (TPSA) is 26.0 Å². The van der Waals surface area contributed by atoms with E-state index in [9.17, 15) is 0 Å². The Labute approximate surface area is 97.6 Å². The number of hydrogen-bond acceptors (Lipinski definition) is 1. The summed E-state index contributed by atoms with van der Waals surface area (Å²) in [7, 11) is 0. The van der Waals surface area contributed by atoms with Crippen LogP contribution in [0.15, 0.2) is 24.3 Å². The molecule has 0 amide bonds. The molecule has 0 heterocycles. The number of rotatable bonds is 5. The van der Waals surface area contributed by atoms with Gasteiger partial charge >= 0.3 is 0 Å². The molecule has 1 unspecified atom stereocenters. The third-order valence-electron chi connectivity index (χ3n) is 2.77. The Morgan fingerprint density at radius 2 is 1.80 bits per heavy atom. The molecule has 0 aliphatic rings. The minimum absolute atomic E-state index is 0.331. The van der Waals surface area contributed by atoms with Crippen molar-refractivity contribution in [1.29, 1.82) is 0 Å². The van der Waals surface area contributed by atoms with E-state index in [-0.39, 0.29) is 0 Å². The summed E-state index contributed by atoms with van der Waals surface area (Å²) < 4.78 is 0. The molecule has 1 rings (SSSR count). The van der Waals surface area contributed by atoms with Crippen molar-refractivity contribution < 1.29 is 0 Å². The minimum Gasteiger partial charge on any atom is -0.327 e. The molecule has 15 heavy (non-hydrogen) atoms. The zero-order valence-corrected chi connectivity index (χ0v) is 10.3. The molecule has 2 N–H and O–H groups in total. The highest BCUT2D eigenvalue weighted by Gasteiger charge is 2.06. The molecule has 0 aliphatic carbocycles. The van der Waals surface area contributed by atoms with E-state index >= 15 is 0 Å². The second-order valence-corrected chi connectivity index (χ2v) is 4.86. The average molecular weight is 226 g/mol. The third-order valence-corrected chi connectivity index (χ3v) is 3.02. The van der Waals surface area contributed by atoms with Crippen LogP contribution in [0.2, 0.25) is 5.02 Å². The molecule has 1 atom stereocenters. The number of halogens is 1. The molecule has 2 heteroatoms. The van der Waals surface area contributed by atoms with Gasteiger partial charge in [-0.3, -0.25) is 0 Å². The van der Waals surface area contributed by atoms with Gasteiger partial charge in [0.25, 0.3) is 0 Å². The molecule has 0 saturated heterocycles. The second kappa shape index (κ2) is 6.14. The summed E-state index contributed by atoms with van der Waals surface area (Å²) in [5.41, 5.74) is 7.33. The van der Waals surface area contributed by atoms with Crippen LogP contribution < -0.4 is 5.73 Å². The van der Waals surface area contributed by atoms with Crippen LogP contribution in [-0.4, -0.2) is 6.04 Å². The van der Waals surface area contributed by atoms with Crippen LogP contribution in [0, 0.1) is 5.92 Å². The first-order valence-corrected chi connectivity index (χ1v) is 5.97. The smallest absolute Gasteiger partial charge is 0.0406 e. The first kappa shape index (κ1) is 12.5. The van der Waals surface area contributed by atoms with Crippen molar-refractivity contribution >= 4 is 11.6 Å². The maximum atomic E-state index is 5.98. The van der Waals surface area contributed by atoms with Crippen molar-refractivity contribution in [2.24, 2.45) is 11.7 Å². The van der Waals surface area contributed by atoms with Gasteiger partial charge in [0.15, 0.2) is 0 Å². The van der Waals surface area contributed by atoms with Gasteiger partial charge in [0.2, 0.25) is 0 Å². The molecule has 0 saturated carbocycles. The van der Waals surface area contributed by atoms with Gasteiger partial charge < -0.3 is 5.73 Å². The van der Waals surface area contributed by atoms with Crippen LogP contribution in [0.4, 0.5) is 0 Å². The lowest BCUT2D eigenvalue weighted by Crippen LogP contribution is -2.26. The molecule has 1 aromatic rings. The van der Waals surface area contributed by atoms with Gasteiger partial charge in [0.05, 0.1) is 0 Å². The number of hydrogen-bond donors (Lipinski definition) is 1. The van der Waals surface area contributed by atoms with Crippen LogP contribution >= 0.6 is 11.6 Å². The van der Waals surface area contributed by atoms with Crippen LogP contribution in [0.3, 0.4) is 0 Å². The summed E-state index contributed by atoms with van der Waals surface area (Å²) in [5.74, 6) is 0.579. The van der Waals surface area contributed by atoms with Crippen molar-refractivity contribution in [2.45, 2.75) is 39.2 Å². The molecule has 0 spiro atoms. The van der Waals surface area contributed by atoms with Crippen molar-refractivity contribution in [2.75, 3.05) is 0 Å². The molecular formula is C13H20ClN. The van der Waals surface area contributed by atoms with E-state index in [0.717, 1.165) is 24.3 Å². The minimum atomic E-state index is 0.331. The lowest BCUT2D eigenvalue weighted by Gasteiger charge is -2.14. The van der Waals surface area contributed by atoms with Gasteiger partial charge in [-0.25, -0.2) is 0 Å². The second-order valence-electron chi connectivity index (χ2n) is 4.43. The van der Waals surface area contributed by atoms with Crippen molar-refractivity contribution in [1.82, 2.24) is 0 Å². The predicted molar refractivity (Wildman–Crippen MR) is 67.2 cm³/mol. The van der Waals surface area contributed by atoms with Crippen molar-refractivity contribution in [3.63, 3.8) is 0 Å². The molecule has 1 aromatic carbocycles. The van der Waals surface area contributed by atoms with Crippen LogP contribution in [0.5, 0.6) is 0 Å². The maximum absolute atomic E-state index is 5.98. The summed E-state index contributed by atoms with van der Waals surface area (Å²) in [6.07, 6.45) is 3.35. The molecule has 1 nitrogen and oxygen atoms in total.